The lowest BCUT2D eigenvalue weighted by Gasteiger charge is -2.18. The van der Waals surface area contributed by atoms with Crippen LogP contribution < -0.4 is 0 Å². The number of carboxylic acid groups (broad SMARTS) is 1. The van der Waals surface area contributed by atoms with Gasteiger partial charge in [0, 0.05) is 10.0 Å². The molecule has 26 heavy (non-hydrogen) atoms. The first-order valence-electron chi connectivity index (χ1n) is 6.93. The Labute approximate surface area is 151 Å². The second-order valence-electron chi connectivity index (χ2n) is 5.19. The van der Waals surface area contributed by atoms with Crippen molar-refractivity contribution in [3.05, 3.63) is 75.0 Å². The number of benzene rings is 2. The fourth-order valence-electron chi connectivity index (χ4n) is 2.19. The molecule has 0 fully saturated rings. The summed E-state index contributed by atoms with van der Waals surface area (Å²) in [5.41, 5.74) is -0.964. The Morgan fingerprint density at radius 1 is 1.08 bits per heavy atom. The Kier molecular flexibility index (Phi) is 5.80. The summed E-state index contributed by atoms with van der Waals surface area (Å²) in [6.45, 7) is 0. The molecule has 1 unspecified atom stereocenters. The van der Waals surface area contributed by atoms with Gasteiger partial charge in [-0.1, -0.05) is 24.3 Å². The van der Waals surface area contributed by atoms with Crippen LogP contribution in [0.2, 0.25) is 0 Å². The van der Waals surface area contributed by atoms with Gasteiger partial charge < -0.3 is 5.11 Å². The predicted molar refractivity (Wildman–Crippen MR) is 85.2 cm³/mol. The molecule has 0 aliphatic heterocycles. The summed E-state index contributed by atoms with van der Waals surface area (Å²) in [4.78, 5) is 10.9. The van der Waals surface area contributed by atoms with Crippen molar-refractivity contribution in [2.45, 2.75) is 12.1 Å². The lowest BCUT2D eigenvalue weighted by atomic mass is 9.96. The van der Waals surface area contributed by atoms with Crippen LogP contribution in [0.3, 0.4) is 0 Å². The molecule has 0 aliphatic rings. The van der Waals surface area contributed by atoms with Crippen molar-refractivity contribution in [3.8, 4) is 0 Å². The fourth-order valence-corrected chi connectivity index (χ4v) is 2.75. The van der Waals surface area contributed by atoms with Crippen molar-refractivity contribution in [3.63, 3.8) is 0 Å². The molecule has 0 amide bonds. The third-order valence-corrected chi connectivity index (χ3v) is 4.11. The maximum atomic E-state index is 13.8. The Morgan fingerprint density at radius 3 is 2.27 bits per heavy atom. The van der Waals surface area contributed by atoms with Gasteiger partial charge in [0.25, 0.3) is 0 Å². The van der Waals surface area contributed by atoms with E-state index in [1.54, 1.807) is 0 Å². The molecule has 1 atom stereocenters. The molecule has 0 bridgehead atoms. The number of rotatable bonds is 4. The lowest BCUT2D eigenvalue weighted by Crippen LogP contribution is -2.20. The van der Waals surface area contributed by atoms with Gasteiger partial charge in [0.1, 0.15) is 5.92 Å². The SMILES string of the molecule is O=C(O)c1ccc(C=CC(c2ccc(F)c(F)c2F)C(F)(F)F)cc1Br. The lowest BCUT2D eigenvalue weighted by molar-refractivity contribution is -0.140. The number of hydrogen-bond donors (Lipinski definition) is 1. The van der Waals surface area contributed by atoms with Crippen LogP contribution in [0, 0.1) is 17.5 Å². The average Bonchev–Trinajstić information content (AvgIpc) is 2.53. The van der Waals surface area contributed by atoms with Crippen molar-refractivity contribution in [1.82, 2.24) is 0 Å². The van der Waals surface area contributed by atoms with E-state index < -0.39 is 41.1 Å². The zero-order chi connectivity index (χ0) is 19.6. The molecular weight excluding hydrogens is 430 g/mol. The van der Waals surface area contributed by atoms with Gasteiger partial charge in [-0.2, -0.15) is 13.2 Å². The minimum Gasteiger partial charge on any atom is -0.478 e. The summed E-state index contributed by atoms with van der Waals surface area (Å²) < 4.78 is 79.9. The van der Waals surface area contributed by atoms with Gasteiger partial charge in [-0.15, -0.1) is 0 Å². The van der Waals surface area contributed by atoms with Crippen molar-refractivity contribution in [2.75, 3.05) is 0 Å². The summed E-state index contributed by atoms with van der Waals surface area (Å²) in [6.07, 6.45) is -3.40. The molecule has 0 heterocycles. The smallest absolute Gasteiger partial charge is 0.399 e. The van der Waals surface area contributed by atoms with Crippen LogP contribution in [0.5, 0.6) is 0 Å². The Hall–Kier alpha value is -2.29. The highest BCUT2D eigenvalue weighted by Crippen LogP contribution is 2.38. The van der Waals surface area contributed by atoms with Crippen LogP contribution >= 0.6 is 15.9 Å². The maximum Gasteiger partial charge on any atom is 0.399 e. The molecule has 1 N–H and O–H groups in total. The summed E-state index contributed by atoms with van der Waals surface area (Å²) in [7, 11) is 0. The summed E-state index contributed by atoms with van der Waals surface area (Å²) in [5, 5.41) is 8.90. The molecule has 9 heteroatoms. The van der Waals surface area contributed by atoms with Gasteiger partial charge in [-0.25, -0.2) is 18.0 Å². The van der Waals surface area contributed by atoms with Gasteiger partial charge in [0.2, 0.25) is 0 Å². The van der Waals surface area contributed by atoms with E-state index in [0.717, 1.165) is 6.08 Å². The molecule has 2 aromatic carbocycles. The highest BCUT2D eigenvalue weighted by molar-refractivity contribution is 9.10. The van der Waals surface area contributed by atoms with Gasteiger partial charge in [-0.3, -0.25) is 0 Å². The van der Waals surface area contributed by atoms with Crippen molar-refractivity contribution in [1.29, 1.82) is 0 Å². The average molecular weight is 439 g/mol. The Balaban J connectivity index is 2.44. The molecule has 0 radical (unpaired) electrons. The van der Waals surface area contributed by atoms with Gasteiger partial charge >= 0.3 is 12.1 Å². The molecule has 0 aliphatic carbocycles. The standard InChI is InChI=1S/C17H9BrF6O2/c18-12-7-8(1-3-10(12)16(25)26)2-5-11(17(22,23)24)9-4-6-13(19)15(21)14(9)20/h1-7,11H,(H,25,26). The highest BCUT2D eigenvalue weighted by Gasteiger charge is 2.41. The number of allylic oxidation sites excluding steroid dienone is 1. The number of aromatic carboxylic acids is 1. The fraction of sp³-hybridized carbons (Fsp3) is 0.118. The van der Waals surface area contributed by atoms with Gasteiger partial charge in [0.05, 0.1) is 5.56 Å². The molecule has 0 saturated carbocycles. The predicted octanol–water partition coefficient (Wildman–Crippen LogP) is 5.92. The van der Waals surface area contributed by atoms with E-state index in [0.29, 0.717) is 18.2 Å². The van der Waals surface area contributed by atoms with E-state index in [9.17, 15) is 31.1 Å². The molecule has 2 aromatic rings. The number of carbonyl (C=O) groups is 1. The molecule has 0 aromatic heterocycles. The van der Waals surface area contributed by atoms with Gasteiger partial charge in [0.15, 0.2) is 17.5 Å². The van der Waals surface area contributed by atoms with Crippen LogP contribution in [0.4, 0.5) is 26.3 Å². The first-order valence-corrected chi connectivity index (χ1v) is 7.73. The number of carboxylic acids is 1. The topological polar surface area (TPSA) is 37.3 Å². The second kappa shape index (κ2) is 7.53. The third kappa shape index (κ3) is 4.27. The summed E-state index contributed by atoms with van der Waals surface area (Å²) in [6, 6.07) is 4.62. The van der Waals surface area contributed by atoms with Crippen LogP contribution in [-0.4, -0.2) is 17.3 Å². The number of halogens is 7. The van der Waals surface area contributed by atoms with E-state index in [1.807, 2.05) is 0 Å². The number of alkyl halides is 3. The summed E-state index contributed by atoms with van der Waals surface area (Å²) in [5.74, 6) is -9.25. The normalized spacial score (nSPS) is 13.2. The van der Waals surface area contributed by atoms with E-state index in [-0.39, 0.29) is 15.6 Å². The monoisotopic (exact) mass is 438 g/mol. The van der Waals surface area contributed by atoms with E-state index in [4.69, 9.17) is 5.11 Å². The second-order valence-corrected chi connectivity index (χ2v) is 6.04. The Morgan fingerprint density at radius 2 is 1.73 bits per heavy atom. The van der Waals surface area contributed by atoms with Crippen molar-refractivity contribution < 1.29 is 36.2 Å². The van der Waals surface area contributed by atoms with Crippen LogP contribution in [-0.2, 0) is 0 Å². The van der Waals surface area contributed by atoms with Crippen LogP contribution in [0.25, 0.3) is 6.08 Å². The quantitative estimate of drug-likeness (QED) is 0.474. The van der Waals surface area contributed by atoms with E-state index in [2.05, 4.69) is 15.9 Å². The van der Waals surface area contributed by atoms with E-state index >= 15 is 0 Å². The molecule has 0 spiro atoms. The van der Waals surface area contributed by atoms with Crippen molar-refractivity contribution >= 4 is 28.0 Å². The first-order chi connectivity index (χ1) is 12.0. The largest absolute Gasteiger partial charge is 0.478 e. The Bertz CT molecular complexity index is 876. The first kappa shape index (κ1) is 20.0. The minimum absolute atomic E-state index is 0.0961. The molecule has 138 valence electrons. The van der Waals surface area contributed by atoms with Crippen molar-refractivity contribution in [2.24, 2.45) is 0 Å². The third-order valence-electron chi connectivity index (χ3n) is 3.46. The zero-order valence-corrected chi connectivity index (χ0v) is 14.2. The number of hydrogen-bond acceptors (Lipinski definition) is 1. The highest BCUT2D eigenvalue weighted by atomic mass is 79.9. The van der Waals surface area contributed by atoms with Crippen LogP contribution in [0.1, 0.15) is 27.4 Å². The maximum absolute atomic E-state index is 13.8. The van der Waals surface area contributed by atoms with E-state index in [1.165, 1.54) is 18.2 Å². The molecule has 0 saturated heterocycles. The summed E-state index contributed by atoms with van der Waals surface area (Å²) >= 11 is 2.98. The molecule has 2 nitrogen and oxygen atoms in total. The zero-order valence-electron chi connectivity index (χ0n) is 12.6. The molecular formula is C17H9BrF6O2. The van der Waals surface area contributed by atoms with Gasteiger partial charge in [-0.05, 0) is 39.7 Å². The van der Waals surface area contributed by atoms with Crippen LogP contribution in [0.15, 0.2) is 40.9 Å². The minimum atomic E-state index is -4.96. The molecule has 2 rings (SSSR count).